The van der Waals surface area contributed by atoms with Crippen molar-refractivity contribution in [2.24, 2.45) is 5.41 Å². The van der Waals surface area contributed by atoms with Crippen LogP contribution in [0.2, 0.25) is 0 Å². The smallest absolute Gasteiger partial charge is 0.308 e. The molecule has 2 amide bonds. The molecule has 0 radical (unpaired) electrons. The largest absolute Gasteiger partial charge is 0.326 e. The fourth-order valence-electron chi connectivity index (χ4n) is 3.12. The number of hydrogen-bond acceptors (Lipinski definition) is 4. The van der Waals surface area contributed by atoms with E-state index >= 15 is 0 Å². The number of rotatable bonds is 2. The Morgan fingerprint density at radius 2 is 1.72 bits per heavy atom. The summed E-state index contributed by atoms with van der Waals surface area (Å²) >= 11 is 0. The predicted octanol–water partition coefficient (Wildman–Crippen LogP) is 3.89. The summed E-state index contributed by atoms with van der Waals surface area (Å²) in [6.45, 7) is 7.85. The number of carbonyl (C=O) groups excluding carboxylic acids is 2. The number of nitrogens with one attached hydrogen (secondary N) is 2. The number of aryl methyl sites for hydroxylation is 2. The van der Waals surface area contributed by atoms with Gasteiger partial charge in [-0.2, -0.15) is 0 Å². The highest BCUT2D eigenvalue weighted by Gasteiger charge is 2.33. The van der Waals surface area contributed by atoms with Crippen molar-refractivity contribution >= 4 is 23.5 Å². The van der Waals surface area contributed by atoms with Gasteiger partial charge in [0.25, 0.3) is 0 Å². The van der Waals surface area contributed by atoms with Crippen LogP contribution in [-0.4, -0.2) is 21.8 Å². The molecule has 0 unspecified atom stereocenters. The Labute approximate surface area is 147 Å². The van der Waals surface area contributed by atoms with Gasteiger partial charge in [-0.25, -0.2) is 14.8 Å². The van der Waals surface area contributed by atoms with Crippen molar-refractivity contribution in [3.8, 4) is 0 Å². The maximum atomic E-state index is 12.3. The second kappa shape index (κ2) is 6.27. The molecule has 1 aromatic heterocycles. The topological polar surface area (TPSA) is 84.0 Å². The normalized spacial score (nSPS) is 15.4. The first-order chi connectivity index (χ1) is 11.7. The molecule has 1 aromatic carbocycles. The van der Waals surface area contributed by atoms with E-state index in [0.29, 0.717) is 35.5 Å². The Kier molecular flexibility index (Phi) is 4.29. The summed E-state index contributed by atoms with van der Waals surface area (Å²) < 4.78 is 0. The van der Waals surface area contributed by atoms with Crippen molar-refractivity contribution in [2.45, 2.75) is 40.5 Å². The Bertz CT molecular complexity index is 841. The Morgan fingerprint density at radius 3 is 2.40 bits per heavy atom. The van der Waals surface area contributed by atoms with Crippen LogP contribution in [0, 0.1) is 19.3 Å². The second-order valence-electron chi connectivity index (χ2n) is 7.34. The predicted molar refractivity (Wildman–Crippen MR) is 97.0 cm³/mol. The van der Waals surface area contributed by atoms with E-state index in [9.17, 15) is 9.59 Å². The molecule has 2 aromatic rings. The number of ketones is 1. The number of nitrogens with zero attached hydrogens (tertiary/aromatic N) is 2. The van der Waals surface area contributed by atoms with E-state index in [0.717, 1.165) is 5.56 Å². The highest BCUT2D eigenvalue weighted by atomic mass is 16.2. The first-order valence-corrected chi connectivity index (χ1v) is 8.29. The van der Waals surface area contributed by atoms with Gasteiger partial charge in [0.1, 0.15) is 0 Å². The fraction of sp³-hybridized carbons (Fsp3) is 0.368. The number of fused-ring (bicyclic) bond motifs is 1. The summed E-state index contributed by atoms with van der Waals surface area (Å²) in [5, 5.41) is 5.40. The summed E-state index contributed by atoms with van der Waals surface area (Å²) in [6, 6.07) is 7.08. The monoisotopic (exact) mass is 338 g/mol. The van der Waals surface area contributed by atoms with Gasteiger partial charge in [-0.3, -0.25) is 10.1 Å². The number of Topliss-reactive ketones (excluding diaryl/α,β-unsaturated/α-hetero) is 1. The van der Waals surface area contributed by atoms with Crippen LogP contribution in [0.5, 0.6) is 0 Å². The van der Waals surface area contributed by atoms with Crippen molar-refractivity contribution in [3.05, 3.63) is 46.8 Å². The van der Waals surface area contributed by atoms with Gasteiger partial charge in [-0.05, 0) is 37.8 Å². The fourth-order valence-corrected chi connectivity index (χ4v) is 3.12. The number of aromatic nitrogens is 2. The van der Waals surface area contributed by atoms with Gasteiger partial charge in [-0.1, -0.05) is 31.5 Å². The second-order valence-corrected chi connectivity index (χ2v) is 7.34. The van der Waals surface area contributed by atoms with Crippen molar-refractivity contribution in [1.29, 1.82) is 0 Å². The molecule has 2 N–H and O–H groups in total. The highest BCUT2D eigenvalue weighted by Crippen LogP contribution is 2.35. The molecular formula is C19H22N4O2. The highest BCUT2D eigenvalue weighted by molar-refractivity contribution is 6.01. The van der Waals surface area contributed by atoms with E-state index in [1.165, 1.54) is 0 Å². The molecule has 3 rings (SSSR count). The summed E-state index contributed by atoms with van der Waals surface area (Å²) in [5.41, 5.74) is 3.59. The maximum absolute atomic E-state index is 12.3. The zero-order valence-electron chi connectivity index (χ0n) is 14.9. The Hall–Kier alpha value is -2.76. The van der Waals surface area contributed by atoms with Crippen LogP contribution in [0.1, 0.15) is 47.6 Å². The van der Waals surface area contributed by atoms with Gasteiger partial charge < -0.3 is 5.32 Å². The minimum absolute atomic E-state index is 0.0689. The van der Waals surface area contributed by atoms with Crippen molar-refractivity contribution in [1.82, 2.24) is 9.97 Å². The number of urea groups is 1. The van der Waals surface area contributed by atoms with Gasteiger partial charge in [0, 0.05) is 12.1 Å². The molecule has 1 heterocycles. The first kappa shape index (κ1) is 17.1. The number of amides is 2. The Balaban J connectivity index is 1.79. The molecule has 130 valence electrons. The van der Waals surface area contributed by atoms with Crippen molar-refractivity contribution in [3.63, 3.8) is 0 Å². The van der Waals surface area contributed by atoms with Crippen LogP contribution >= 0.6 is 0 Å². The first-order valence-electron chi connectivity index (χ1n) is 8.29. The van der Waals surface area contributed by atoms with E-state index in [1.807, 2.05) is 45.0 Å². The Morgan fingerprint density at radius 1 is 1.04 bits per heavy atom. The summed E-state index contributed by atoms with van der Waals surface area (Å²) in [5.74, 6) is 0.283. The van der Waals surface area contributed by atoms with Crippen LogP contribution in [0.4, 0.5) is 16.4 Å². The molecule has 6 nitrogen and oxygen atoms in total. The number of anilines is 2. The van der Waals surface area contributed by atoms with Crippen LogP contribution in [-0.2, 0) is 6.42 Å². The molecule has 0 aliphatic heterocycles. The summed E-state index contributed by atoms with van der Waals surface area (Å²) in [6.07, 6.45) is 1.18. The molecular weight excluding hydrogens is 316 g/mol. The molecule has 0 spiro atoms. The summed E-state index contributed by atoms with van der Waals surface area (Å²) in [4.78, 5) is 33.2. The van der Waals surface area contributed by atoms with Gasteiger partial charge in [0.15, 0.2) is 5.78 Å². The molecule has 6 heteroatoms. The lowest BCUT2D eigenvalue weighted by molar-refractivity contribution is 0.0909. The van der Waals surface area contributed by atoms with E-state index in [2.05, 4.69) is 20.6 Å². The lowest BCUT2D eigenvalue weighted by Crippen LogP contribution is -2.30. The molecule has 0 saturated heterocycles. The molecule has 0 fully saturated rings. The van der Waals surface area contributed by atoms with Crippen molar-refractivity contribution < 1.29 is 9.59 Å². The van der Waals surface area contributed by atoms with E-state index in [4.69, 9.17) is 0 Å². The lowest BCUT2D eigenvalue weighted by Gasteiger charge is -2.30. The number of hydrogen-bond donors (Lipinski definition) is 2. The van der Waals surface area contributed by atoms with E-state index in [-0.39, 0.29) is 17.1 Å². The average molecular weight is 338 g/mol. The van der Waals surface area contributed by atoms with Gasteiger partial charge in [-0.15, -0.1) is 0 Å². The zero-order chi connectivity index (χ0) is 18.2. The minimum atomic E-state index is -0.412. The molecule has 1 aliphatic carbocycles. The van der Waals surface area contributed by atoms with Crippen LogP contribution < -0.4 is 10.6 Å². The van der Waals surface area contributed by atoms with Crippen LogP contribution in [0.15, 0.2) is 24.3 Å². The SMILES string of the molecule is Cc1ccc(NC(=O)Nc2nc(C)c3c(n2)CC(C)(C)CC3=O)cc1. The maximum Gasteiger partial charge on any atom is 0.326 e. The van der Waals surface area contributed by atoms with Gasteiger partial charge in [0.05, 0.1) is 17.0 Å². The van der Waals surface area contributed by atoms with Gasteiger partial charge in [0.2, 0.25) is 5.95 Å². The van der Waals surface area contributed by atoms with E-state index in [1.54, 1.807) is 6.92 Å². The zero-order valence-corrected chi connectivity index (χ0v) is 14.9. The summed E-state index contributed by atoms with van der Waals surface area (Å²) in [7, 11) is 0. The average Bonchev–Trinajstić information content (AvgIpc) is 2.47. The van der Waals surface area contributed by atoms with Crippen LogP contribution in [0.3, 0.4) is 0 Å². The lowest BCUT2D eigenvalue weighted by atomic mass is 9.75. The molecule has 0 saturated carbocycles. The number of carbonyl (C=O) groups is 2. The minimum Gasteiger partial charge on any atom is -0.308 e. The molecule has 1 aliphatic rings. The third kappa shape index (κ3) is 3.84. The molecule has 0 atom stereocenters. The van der Waals surface area contributed by atoms with Crippen LogP contribution in [0.25, 0.3) is 0 Å². The van der Waals surface area contributed by atoms with E-state index < -0.39 is 6.03 Å². The van der Waals surface area contributed by atoms with Gasteiger partial charge >= 0.3 is 6.03 Å². The quantitative estimate of drug-likeness (QED) is 0.870. The molecule has 25 heavy (non-hydrogen) atoms. The molecule has 0 bridgehead atoms. The standard InChI is InChI=1S/C19H22N4O2/c1-11-5-7-13(8-6-11)21-18(25)23-17-20-12(2)16-14(22-17)9-19(3,4)10-15(16)24/h5-8H,9-10H2,1-4H3,(H2,20,21,22,23,25). The number of benzene rings is 1. The third-order valence-corrected chi connectivity index (χ3v) is 4.26. The van der Waals surface area contributed by atoms with Crippen molar-refractivity contribution in [2.75, 3.05) is 10.6 Å². The third-order valence-electron chi connectivity index (χ3n) is 4.26.